The van der Waals surface area contributed by atoms with E-state index in [9.17, 15) is 23.2 Å². The van der Waals surface area contributed by atoms with Gasteiger partial charge < -0.3 is 33.6 Å². The van der Waals surface area contributed by atoms with Crippen molar-refractivity contribution >= 4 is 40.0 Å². The molecule has 398 valence electrons. The number of carbonyl (C=O) groups is 3. The summed E-state index contributed by atoms with van der Waals surface area (Å²) < 4.78 is 61.2. The highest BCUT2D eigenvalue weighted by atomic mass is 32.1. The summed E-state index contributed by atoms with van der Waals surface area (Å²) in [4.78, 5) is 56.0. The molecule has 4 aliphatic heterocycles. The fourth-order valence-electron chi connectivity index (χ4n) is 12.0. The number of rotatable bonds is 14. The summed E-state index contributed by atoms with van der Waals surface area (Å²) in [5.41, 5.74) is 9.70. The molecule has 1 aliphatic carbocycles. The molecule has 6 bridgehead atoms. The van der Waals surface area contributed by atoms with Crippen LogP contribution < -0.4 is 10.7 Å². The number of hydrogen-bond donors (Lipinski definition) is 2. The summed E-state index contributed by atoms with van der Waals surface area (Å²) >= 11 is 1.18. The van der Waals surface area contributed by atoms with Crippen molar-refractivity contribution in [3.8, 4) is 22.5 Å². The number of methoxy groups -OCH3 is 1. The predicted molar refractivity (Wildman–Crippen MR) is 275 cm³/mol. The molecule has 1 aromatic carbocycles. The number of aromatic nitrogens is 3. The number of alkyl halides is 2. The first-order chi connectivity index (χ1) is 34.9. The van der Waals surface area contributed by atoms with Crippen molar-refractivity contribution in [2.24, 2.45) is 29.1 Å². The minimum absolute atomic E-state index is 0.000224. The monoisotopic (exact) mass is 1030 g/mol. The highest BCUT2D eigenvalue weighted by Gasteiger charge is 2.54. The number of morpholine rings is 1. The van der Waals surface area contributed by atoms with Gasteiger partial charge in [0.05, 0.1) is 55.7 Å². The largest absolute Gasteiger partial charge is 0.464 e. The highest BCUT2D eigenvalue weighted by molar-refractivity contribution is 7.10. The van der Waals surface area contributed by atoms with Gasteiger partial charge in [-0.3, -0.25) is 29.3 Å². The standard InChI is InChI=1S/C55H75F2N7O8S/c1-30(2)45-32(5)46(45)51(65)60-48-50(71-27-44(56)57)52-59-42(28-73-52)35-12-13-43-38(22-35)40(24-55(7,8)29-72-54(67)41-11-10-15-64(61-41)53(48)66)49(63(43)18-20-70-31(3)4)39-23-36(25-58-47(39)33(6)68-9)34-14-16-62-17-19-69-26-37(62)21-34/h12-13,22-23,25,28,30-34,37,41,44-46,48,50,61H,10-11,14-21,24,26-27,29H2,1-9H3,(H,60,65)/t32-,33-,34+,37?,41-,45+,46+,48-,50-/m0/s1. The number of ether oxygens (including phenoxy) is 5. The molecule has 2 N–H and O–H groups in total. The van der Waals surface area contributed by atoms with E-state index in [1.54, 1.807) is 7.11 Å². The Morgan fingerprint density at radius 2 is 1.89 bits per heavy atom. The highest BCUT2D eigenvalue weighted by Crippen LogP contribution is 2.51. The minimum Gasteiger partial charge on any atom is -0.464 e. The zero-order valence-corrected chi connectivity index (χ0v) is 44.8. The number of piperidine rings is 1. The molecule has 7 heterocycles. The number of nitrogens with one attached hydrogen (secondary N) is 2. The first-order valence-electron chi connectivity index (χ1n) is 26.4. The smallest absolute Gasteiger partial charge is 0.324 e. The van der Waals surface area contributed by atoms with Crippen LogP contribution in [0, 0.1) is 29.1 Å². The van der Waals surface area contributed by atoms with Gasteiger partial charge in [-0.25, -0.2) is 19.2 Å². The number of thiazole rings is 1. The number of hydrogen-bond acceptors (Lipinski definition) is 13. The van der Waals surface area contributed by atoms with Crippen LogP contribution in [0.2, 0.25) is 0 Å². The van der Waals surface area contributed by atoms with Crippen molar-refractivity contribution in [3.63, 3.8) is 0 Å². The zero-order chi connectivity index (χ0) is 51.9. The molecule has 9 atom stereocenters. The van der Waals surface area contributed by atoms with Crippen LogP contribution in [0.25, 0.3) is 33.4 Å². The van der Waals surface area contributed by atoms with Gasteiger partial charge in [-0.15, -0.1) is 11.3 Å². The second-order valence-electron chi connectivity index (χ2n) is 22.4. The Kier molecular flexibility index (Phi) is 16.4. The number of halogens is 2. The molecule has 3 aromatic heterocycles. The maximum atomic E-state index is 14.8. The van der Waals surface area contributed by atoms with Crippen LogP contribution in [-0.2, 0) is 51.0 Å². The van der Waals surface area contributed by atoms with Gasteiger partial charge in [0.25, 0.3) is 12.3 Å². The molecular formula is C55H75F2N7O8S. The Labute approximate surface area is 432 Å². The second-order valence-corrected chi connectivity index (χ2v) is 23.3. The third-order valence-corrected chi connectivity index (χ3v) is 16.8. The normalized spacial score (nSPS) is 27.3. The minimum atomic E-state index is -2.86. The Hall–Kier alpha value is -4.43. The zero-order valence-electron chi connectivity index (χ0n) is 44.0. The van der Waals surface area contributed by atoms with E-state index in [4.69, 9.17) is 33.7 Å². The number of amides is 2. The quantitative estimate of drug-likeness (QED) is 0.116. The van der Waals surface area contributed by atoms with Crippen molar-refractivity contribution in [1.29, 1.82) is 0 Å². The lowest BCUT2D eigenvalue weighted by Crippen LogP contribution is -2.61. The lowest BCUT2D eigenvalue weighted by Gasteiger charge is -2.42. The number of fused-ring (bicyclic) bond motifs is 7. The van der Waals surface area contributed by atoms with Crippen molar-refractivity contribution in [1.82, 2.24) is 35.2 Å². The maximum absolute atomic E-state index is 14.8. The van der Waals surface area contributed by atoms with E-state index in [1.165, 1.54) is 16.3 Å². The number of carbonyl (C=O) groups excluding carboxylic acids is 3. The summed E-state index contributed by atoms with van der Waals surface area (Å²) in [6.07, 6.45) is 0.747. The number of pyridine rings is 1. The second kappa shape index (κ2) is 22.4. The van der Waals surface area contributed by atoms with Gasteiger partial charge in [0.15, 0.2) is 0 Å². The van der Waals surface area contributed by atoms with Crippen LogP contribution in [0.3, 0.4) is 0 Å². The van der Waals surface area contributed by atoms with Gasteiger partial charge in [0.1, 0.15) is 29.8 Å². The van der Waals surface area contributed by atoms with Crippen molar-refractivity contribution in [2.45, 2.75) is 143 Å². The molecule has 1 unspecified atom stereocenters. The van der Waals surface area contributed by atoms with Crippen LogP contribution in [0.1, 0.15) is 121 Å². The van der Waals surface area contributed by atoms with Gasteiger partial charge in [-0.05, 0) is 112 Å². The van der Waals surface area contributed by atoms with E-state index in [2.05, 4.69) is 66.1 Å². The number of benzene rings is 1. The number of esters is 1. The van der Waals surface area contributed by atoms with Crippen molar-refractivity contribution < 1.29 is 46.8 Å². The van der Waals surface area contributed by atoms with Crippen LogP contribution in [0.5, 0.6) is 0 Å². The van der Waals surface area contributed by atoms with Gasteiger partial charge in [0.2, 0.25) is 5.91 Å². The molecule has 15 nitrogen and oxygen atoms in total. The average Bonchev–Trinajstić information content (AvgIpc) is 3.67. The fraction of sp³-hybridized carbons (Fsp3) is 0.655. The first kappa shape index (κ1) is 53.4. The fourth-order valence-corrected chi connectivity index (χ4v) is 12.9. The van der Waals surface area contributed by atoms with Crippen molar-refractivity contribution in [3.05, 3.63) is 57.7 Å². The van der Waals surface area contributed by atoms with Gasteiger partial charge in [-0.2, -0.15) is 0 Å². The lowest BCUT2D eigenvalue weighted by atomic mass is 9.82. The molecule has 5 aliphatic rings. The Morgan fingerprint density at radius 1 is 1.08 bits per heavy atom. The SMILES string of the molecule is CO[C@@H](C)c1ncc([C@@H]2CCN3CCOCC3C2)cc1-c1c2c3cc(ccc3n1CCOC(C)C)-c1csc(n1)[C@@H](OCC(F)F)[C@H](NC(=O)[C@@H]1[C@@H](C)[C@H]1C(C)C)C(=O)N1CCC[C@H](N1)C(=O)OCC(C)(C)C2. The molecule has 3 saturated heterocycles. The van der Waals surface area contributed by atoms with Crippen molar-refractivity contribution in [2.75, 3.05) is 59.8 Å². The molecule has 2 amide bonds. The van der Waals surface area contributed by atoms with E-state index in [-0.39, 0.29) is 65.9 Å². The summed E-state index contributed by atoms with van der Waals surface area (Å²) in [6, 6.07) is 6.55. The molecule has 9 rings (SSSR count). The van der Waals surface area contributed by atoms with Gasteiger partial charge in [-0.1, -0.05) is 40.7 Å². The molecule has 0 spiro atoms. The summed E-state index contributed by atoms with van der Waals surface area (Å²) in [5.74, 6) is -1.19. The van der Waals surface area contributed by atoms with Gasteiger partial charge in [0, 0.05) is 77.7 Å². The van der Waals surface area contributed by atoms with Crippen LogP contribution >= 0.6 is 11.3 Å². The van der Waals surface area contributed by atoms with Crippen LogP contribution in [0.15, 0.2) is 35.8 Å². The third-order valence-electron chi connectivity index (χ3n) is 15.9. The summed E-state index contributed by atoms with van der Waals surface area (Å²) in [6.45, 7) is 20.0. The van der Waals surface area contributed by atoms with E-state index in [0.717, 1.165) is 83.7 Å². The van der Waals surface area contributed by atoms with Crippen LogP contribution in [-0.4, -0.2) is 133 Å². The van der Waals surface area contributed by atoms with E-state index >= 15 is 0 Å². The van der Waals surface area contributed by atoms with Crippen LogP contribution in [0.4, 0.5) is 8.78 Å². The average molecular weight is 1030 g/mol. The maximum Gasteiger partial charge on any atom is 0.324 e. The number of hydrazine groups is 1. The molecule has 1 saturated carbocycles. The van der Waals surface area contributed by atoms with E-state index in [1.807, 2.05) is 45.3 Å². The predicted octanol–water partition coefficient (Wildman–Crippen LogP) is 8.50. The molecule has 4 aromatic rings. The molecular weight excluding hydrogens is 957 g/mol. The molecule has 18 heteroatoms. The first-order valence-corrected chi connectivity index (χ1v) is 27.3. The molecule has 0 radical (unpaired) electrons. The topological polar surface area (TPSA) is 159 Å². The Morgan fingerprint density at radius 3 is 2.63 bits per heavy atom. The third kappa shape index (κ3) is 11.6. The summed E-state index contributed by atoms with van der Waals surface area (Å²) in [5, 5.41) is 7.32. The van der Waals surface area contributed by atoms with E-state index in [0.29, 0.717) is 44.1 Å². The number of cyclic esters (lactones) is 1. The molecule has 73 heavy (non-hydrogen) atoms. The van der Waals surface area contributed by atoms with E-state index < -0.39 is 48.5 Å². The van der Waals surface area contributed by atoms with Gasteiger partial charge >= 0.3 is 5.97 Å². The Balaban J connectivity index is 1.21. The number of nitrogens with zero attached hydrogens (tertiary/aromatic N) is 5. The molecule has 4 fully saturated rings. The Bertz CT molecular complexity index is 2620. The summed E-state index contributed by atoms with van der Waals surface area (Å²) in [7, 11) is 1.70. The lowest BCUT2D eigenvalue weighted by molar-refractivity contribution is -0.157.